The van der Waals surface area contributed by atoms with Crippen molar-refractivity contribution in [1.29, 1.82) is 0 Å². The van der Waals surface area contributed by atoms with Crippen LogP contribution in [0.1, 0.15) is 17.7 Å². The van der Waals surface area contributed by atoms with Crippen molar-refractivity contribution < 1.29 is 4.79 Å². The van der Waals surface area contributed by atoms with Gasteiger partial charge in [-0.15, -0.1) is 0 Å². The molecule has 0 aliphatic heterocycles. The molecule has 0 aromatic carbocycles. The van der Waals surface area contributed by atoms with E-state index in [9.17, 15) is 4.79 Å². The molecular weight excluding hydrogens is 190 g/mol. The number of aryl methyl sites for hydroxylation is 1. The zero-order valence-electron chi connectivity index (χ0n) is 8.73. The Morgan fingerprint density at radius 3 is 3.07 bits per heavy atom. The first-order valence-corrected chi connectivity index (χ1v) is 5.12. The van der Waals surface area contributed by atoms with Gasteiger partial charge in [0.25, 0.3) is 0 Å². The Labute approximate surface area is 88.9 Å². The van der Waals surface area contributed by atoms with Crippen molar-refractivity contribution >= 4 is 5.91 Å². The summed E-state index contributed by atoms with van der Waals surface area (Å²) in [6.45, 7) is 1.96. The molecule has 0 spiro atoms. The maximum atomic E-state index is 11.6. The highest BCUT2D eigenvalue weighted by molar-refractivity contribution is 5.79. The van der Waals surface area contributed by atoms with E-state index in [1.54, 1.807) is 6.20 Å². The molecule has 2 unspecified atom stereocenters. The van der Waals surface area contributed by atoms with Crippen molar-refractivity contribution in [3.63, 3.8) is 0 Å². The number of hydrogen-bond acceptors (Lipinski definition) is 3. The fourth-order valence-corrected chi connectivity index (χ4v) is 1.49. The Morgan fingerprint density at radius 2 is 2.47 bits per heavy atom. The van der Waals surface area contributed by atoms with Gasteiger partial charge in [0.2, 0.25) is 5.91 Å². The molecule has 0 radical (unpaired) electrons. The van der Waals surface area contributed by atoms with E-state index in [2.05, 4.69) is 10.3 Å². The van der Waals surface area contributed by atoms with Gasteiger partial charge in [-0.2, -0.15) is 0 Å². The molecule has 80 valence electrons. The number of amides is 1. The summed E-state index contributed by atoms with van der Waals surface area (Å²) in [6, 6.07) is 4.16. The van der Waals surface area contributed by atoms with Crippen molar-refractivity contribution in [3.05, 3.63) is 29.6 Å². The summed E-state index contributed by atoms with van der Waals surface area (Å²) in [5, 5.41) is 2.88. The van der Waals surface area contributed by atoms with E-state index in [4.69, 9.17) is 5.73 Å². The van der Waals surface area contributed by atoms with Crippen molar-refractivity contribution in [2.45, 2.75) is 31.8 Å². The lowest BCUT2D eigenvalue weighted by molar-refractivity contribution is -0.120. The molecule has 3 N–H and O–H groups in total. The molecule has 1 heterocycles. The second kappa shape index (κ2) is 3.98. The van der Waals surface area contributed by atoms with Gasteiger partial charge in [0.15, 0.2) is 0 Å². The largest absolute Gasteiger partial charge is 0.351 e. The lowest BCUT2D eigenvalue weighted by Gasteiger charge is -2.05. The van der Waals surface area contributed by atoms with Crippen LogP contribution < -0.4 is 11.1 Å². The molecule has 4 heteroatoms. The fourth-order valence-electron chi connectivity index (χ4n) is 1.49. The summed E-state index contributed by atoms with van der Waals surface area (Å²) < 4.78 is 0. The third-order valence-electron chi connectivity index (χ3n) is 2.63. The first kappa shape index (κ1) is 10.1. The average molecular weight is 205 g/mol. The second-order valence-corrected chi connectivity index (χ2v) is 4.02. The number of nitrogens with two attached hydrogens (primary N) is 1. The Balaban J connectivity index is 1.91. The van der Waals surface area contributed by atoms with Crippen LogP contribution in [-0.2, 0) is 11.2 Å². The number of nitrogens with zero attached hydrogens (tertiary/aromatic N) is 1. The van der Waals surface area contributed by atoms with Crippen LogP contribution in [0.4, 0.5) is 0 Å². The minimum atomic E-state index is 0.00903. The van der Waals surface area contributed by atoms with E-state index in [-0.39, 0.29) is 18.0 Å². The molecule has 2 atom stereocenters. The maximum absolute atomic E-state index is 11.6. The maximum Gasteiger partial charge on any atom is 0.226 e. The van der Waals surface area contributed by atoms with Gasteiger partial charge in [-0.3, -0.25) is 9.78 Å². The lowest BCUT2D eigenvalue weighted by Crippen LogP contribution is -2.31. The molecule has 1 saturated carbocycles. The van der Waals surface area contributed by atoms with Gasteiger partial charge in [-0.05, 0) is 25.0 Å². The summed E-state index contributed by atoms with van der Waals surface area (Å²) in [5.74, 6) is 0.00903. The first-order chi connectivity index (χ1) is 7.16. The molecule has 0 saturated heterocycles. The van der Waals surface area contributed by atoms with Gasteiger partial charge in [-0.1, -0.05) is 6.07 Å². The number of pyridine rings is 1. The van der Waals surface area contributed by atoms with E-state index >= 15 is 0 Å². The standard InChI is InChI=1S/C11H15N3O/c1-7-3-2-4-13-9(7)6-11(15)14-10-5-8(10)12/h2-4,8,10H,5-6,12H2,1H3,(H,14,15). The Hall–Kier alpha value is -1.42. The molecule has 1 amide bonds. The van der Waals surface area contributed by atoms with Crippen LogP contribution in [0.5, 0.6) is 0 Å². The zero-order valence-corrected chi connectivity index (χ0v) is 8.73. The summed E-state index contributed by atoms with van der Waals surface area (Å²) in [6.07, 6.45) is 2.95. The Kier molecular flexibility index (Phi) is 2.68. The SMILES string of the molecule is Cc1cccnc1CC(=O)NC1CC1N. The topological polar surface area (TPSA) is 68.0 Å². The summed E-state index contributed by atoms with van der Waals surface area (Å²) >= 11 is 0. The highest BCUT2D eigenvalue weighted by Crippen LogP contribution is 2.17. The minimum absolute atomic E-state index is 0.00903. The van der Waals surface area contributed by atoms with Gasteiger partial charge in [0.1, 0.15) is 0 Å². The summed E-state index contributed by atoms with van der Waals surface area (Å²) in [4.78, 5) is 15.7. The highest BCUT2D eigenvalue weighted by atomic mass is 16.1. The van der Waals surface area contributed by atoms with Crippen molar-refractivity contribution in [3.8, 4) is 0 Å². The molecule has 1 aliphatic rings. The lowest BCUT2D eigenvalue weighted by atomic mass is 10.1. The van der Waals surface area contributed by atoms with E-state index in [1.807, 2.05) is 19.1 Å². The normalized spacial score (nSPS) is 23.6. The van der Waals surface area contributed by atoms with Gasteiger partial charge < -0.3 is 11.1 Å². The number of carbonyl (C=O) groups is 1. The number of nitrogens with one attached hydrogen (secondary N) is 1. The molecule has 1 fully saturated rings. The van der Waals surface area contributed by atoms with Crippen LogP contribution in [0.3, 0.4) is 0 Å². The van der Waals surface area contributed by atoms with Gasteiger partial charge in [0.05, 0.1) is 12.1 Å². The number of rotatable bonds is 3. The third-order valence-corrected chi connectivity index (χ3v) is 2.63. The van der Waals surface area contributed by atoms with Crippen LogP contribution >= 0.6 is 0 Å². The zero-order chi connectivity index (χ0) is 10.8. The Bertz CT molecular complexity index is 378. The van der Waals surface area contributed by atoms with Crippen LogP contribution in [0.25, 0.3) is 0 Å². The van der Waals surface area contributed by atoms with E-state index in [0.29, 0.717) is 6.42 Å². The van der Waals surface area contributed by atoms with Gasteiger partial charge in [0, 0.05) is 18.3 Å². The van der Waals surface area contributed by atoms with Gasteiger partial charge >= 0.3 is 0 Å². The predicted octanol–water partition coefficient (Wildman–Crippen LogP) is 0.148. The molecule has 1 aliphatic carbocycles. The van der Waals surface area contributed by atoms with Crippen LogP contribution in [0.2, 0.25) is 0 Å². The van der Waals surface area contributed by atoms with Crippen LogP contribution in [-0.4, -0.2) is 23.0 Å². The molecule has 0 bridgehead atoms. The fraction of sp³-hybridized carbons (Fsp3) is 0.455. The molecule has 2 rings (SSSR count). The molecule has 1 aromatic heterocycles. The van der Waals surface area contributed by atoms with Gasteiger partial charge in [-0.25, -0.2) is 0 Å². The van der Waals surface area contributed by atoms with Crippen LogP contribution in [0, 0.1) is 6.92 Å². The summed E-state index contributed by atoms with van der Waals surface area (Å²) in [7, 11) is 0. The Morgan fingerprint density at radius 1 is 1.73 bits per heavy atom. The number of carbonyl (C=O) groups excluding carboxylic acids is 1. The minimum Gasteiger partial charge on any atom is -0.351 e. The predicted molar refractivity (Wildman–Crippen MR) is 57.2 cm³/mol. The third kappa shape index (κ3) is 2.53. The monoisotopic (exact) mass is 205 g/mol. The van der Waals surface area contributed by atoms with Crippen molar-refractivity contribution in [2.75, 3.05) is 0 Å². The smallest absolute Gasteiger partial charge is 0.226 e. The molecule has 4 nitrogen and oxygen atoms in total. The number of aromatic nitrogens is 1. The first-order valence-electron chi connectivity index (χ1n) is 5.12. The second-order valence-electron chi connectivity index (χ2n) is 4.02. The van der Waals surface area contributed by atoms with Crippen molar-refractivity contribution in [1.82, 2.24) is 10.3 Å². The molecular formula is C11H15N3O. The van der Waals surface area contributed by atoms with Crippen LogP contribution in [0.15, 0.2) is 18.3 Å². The number of hydrogen-bond donors (Lipinski definition) is 2. The van der Waals surface area contributed by atoms with E-state index < -0.39 is 0 Å². The summed E-state index contributed by atoms with van der Waals surface area (Å²) in [5.41, 5.74) is 7.49. The van der Waals surface area contributed by atoms with Crippen molar-refractivity contribution in [2.24, 2.45) is 5.73 Å². The van der Waals surface area contributed by atoms with E-state index in [0.717, 1.165) is 17.7 Å². The quantitative estimate of drug-likeness (QED) is 0.738. The average Bonchev–Trinajstić information content (AvgIpc) is 2.86. The molecule has 15 heavy (non-hydrogen) atoms. The highest BCUT2D eigenvalue weighted by Gasteiger charge is 2.34. The molecule has 1 aromatic rings. The van der Waals surface area contributed by atoms with E-state index in [1.165, 1.54) is 0 Å².